The summed E-state index contributed by atoms with van der Waals surface area (Å²) in [6.07, 6.45) is -0.00933. The van der Waals surface area contributed by atoms with Gasteiger partial charge in [0.25, 0.3) is 0 Å². The second kappa shape index (κ2) is 49.7. The van der Waals surface area contributed by atoms with Crippen LogP contribution in [0.3, 0.4) is 0 Å². The summed E-state index contributed by atoms with van der Waals surface area (Å²) in [5.41, 5.74) is 4.60. The zero-order valence-corrected chi connectivity index (χ0v) is 83.7. The minimum absolute atomic E-state index is 0.0954. The second-order valence-corrected chi connectivity index (χ2v) is 42.5. The van der Waals surface area contributed by atoms with Crippen LogP contribution in [-0.2, 0) is 68.4 Å². The average Bonchev–Trinajstić information content (AvgIpc) is 0.792. The molecule has 0 aliphatic rings. The van der Waals surface area contributed by atoms with Crippen LogP contribution in [0.25, 0.3) is 0 Å². The molecule has 0 aliphatic carbocycles. The quantitative estimate of drug-likeness (QED) is 0.0156. The van der Waals surface area contributed by atoms with Crippen molar-refractivity contribution in [3.8, 4) is 46.0 Å². The van der Waals surface area contributed by atoms with Gasteiger partial charge in [-0.3, -0.25) is 38.4 Å². The first-order chi connectivity index (χ1) is 56.2. The van der Waals surface area contributed by atoms with Gasteiger partial charge in [-0.1, -0.05) is 292 Å². The Bertz CT molecular complexity index is 4530. The first-order valence-corrected chi connectivity index (χ1v) is 46.8. The Balaban J connectivity index is 0.000000285. The van der Waals surface area contributed by atoms with Crippen molar-refractivity contribution in [2.45, 2.75) is 153 Å². The van der Waals surface area contributed by atoms with Crippen LogP contribution in [0.2, 0.25) is 0 Å². The molecule has 0 aliphatic heterocycles. The number of carbonyl (C=O) groups is 12. The number of alkyl halides is 8. The molecule has 0 saturated carbocycles. The summed E-state index contributed by atoms with van der Waals surface area (Å²) in [5.74, 6) is -4.55. The van der Waals surface area contributed by atoms with Gasteiger partial charge >= 0.3 is 47.8 Å². The van der Waals surface area contributed by atoms with Gasteiger partial charge in [0.05, 0.1) is 8.86 Å². The van der Waals surface area contributed by atoms with E-state index in [0.717, 1.165) is 33.4 Å². The number of ether oxygens (including phenoxy) is 8. The van der Waals surface area contributed by atoms with E-state index in [4.69, 9.17) is 37.9 Å². The lowest BCUT2D eigenvalue weighted by Crippen LogP contribution is -2.34. The summed E-state index contributed by atoms with van der Waals surface area (Å²) in [6.45, 7) is 17.6. The van der Waals surface area contributed by atoms with E-state index in [0.29, 0.717) is 70.0 Å². The molecule has 0 amide bonds. The van der Waals surface area contributed by atoms with Crippen molar-refractivity contribution < 1.29 is 116 Å². The van der Waals surface area contributed by atoms with Crippen LogP contribution in [0, 0.1) is 0 Å². The van der Waals surface area contributed by atoms with Gasteiger partial charge in [0, 0.05) is 59.4 Å². The van der Waals surface area contributed by atoms with E-state index in [9.17, 15) is 78.0 Å². The van der Waals surface area contributed by atoms with Crippen LogP contribution >= 0.6 is 181 Å². The normalized spacial score (nSPS) is 12.9. The van der Waals surface area contributed by atoms with Crippen molar-refractivity contribution in [3.63, 3.8) is 0 Å². The summed E-state index contributed by atoms with van der Waals surface area (Å²) in [7, 11) is 0. The minimum Gasteiger partial charge on any atom is -0.550 e. The third-order valence-corrected chi connectivity index (χ3v) is 21.8. The highest BCUT2D eigenvalue weighted by Crippen LogP contribution is 2.41. The largest absolute Gasteiger partial charge is 0.550 e. The van der Waals surface area contributed by atoms with Gasteiger partial charge in [-0.15, -0.1) is 0 Å². The Labute approximate surface area is 805 Å². The summed E-state index contributed by atoms with van der Waals surface area (Å²) >= 11 is 15.8. The molecule has 0 spiro atoms. The predicted molar refractivity (Wildman–Crippen MR) is 509 cm³/mol. The molecule has 4 unspecified atom stereocenters. The Hall–Kier alpha value is -6.76. The molecule has 0 heterocycles. The molecule has 32 heteroatoms. The molecule has 8 rings (SSSR count). The van der Waals surface area contributed by atoms with Gasteiger partial charge in [0.2, 0.25) is 0 Å². The second-order valence-electron chi connectivity index (χ2n) is 28.1. The summed E-state index contributed by atoms with van der Waals surface area (Å²) in [5, 5.41) is 45.0. The fourth-order valence-corrected chi connectivity index (χ4v) is 12.1. The molecule has 4 atom stereocenters. The van der Waals surface area contributed by atoms with Crippen LogP contribution < -0.4 is 58.3 Å². The van der Waals surface area contributed by atoms with Gasteiger partial charge in [0.1, 0.15) is 68.5 Å². The molecule has 120 heavy (non-hydrogen) atoms. The number of aliphatic carboxylic acids is 4. The lowest BCUT2D eigenvalue weighted by molar-refractivity contribution is -0.308. The van der Waals surface area contributed by atoms with E-state index < -0.39 is 41.6 Å². The molecule has 0 fully saturated rings. The zero-order valence-electron chi connectivity index (χ0n) is 66.4. The van der Waals surface area contributed by atoms with Crippen molar-refractivity contribution in [2.75, 3.05) is 8.86 Å². The monoisotopic (exact) mass is 2540 g/mol. The van der Waals surface area contributed by atoms with Crippen molar-refractivity contribution in [1.82, 2.24) is 0 Å². The van der Waals surface area contributed by atoms with Crippen LogP contribution in [0.15, 0.2) is 194 Å². The van der Waals surface area contributed by atoms with E-state index in [1.54, 1.807) is 239 Å². The number of carboxylic acid groups (broad SMARTS) is 4. The molecule has 8 aromatic rings. The number of carbonyl (C=O) groups excluding carboxylic acids is 12. The number of benzene rings is 8. The molecule has 0 aromatic heterocycles. The molecule has 640 valence electrons. The van der Waals surface area contributed by atoms with Crippen LogP contribution in [0.1, 0.15) is 164 Å². The number of carboxylic acids is 4. The average molecular weight is 2540 g/mol. The number of hydrogen-bond acceptors (Lipinski definition) is 24. The standard InChI is InChI=1S/C24H26I2O6.2C22H22I2O6.C20H18I2O6/c1-22(2,25)20(29)31-17-10-6-15(7-11-17)24(5,14-19(27)28)16-8-12-18(13-9-16)32-21(30)23(3,4)26;1-13(23)20(27)29-17-8-4-15(5-9-17)22(3,12-19(25)26)16-6-10-18(11-7-16)30-21(28)14(2)24;1-13(23)21(27)29-17-7-3-15(4-8-17)19(11-12-20(25)26)16-5-9-18(10-6-16)30-22(28)14(2)24;21-11-19(25)27-15-5-1-13(2-6-15)17(9-10-18(23)24)14-3-7-16(8-4-14)28-20(26)12-22/h6-13H,14H2,1-5H3,(H,27,28);4-11,13-14H,12H2,1-3H3,(H,25,26);3-10,13-14,19H,11-12H2,1-2H3,(H,25,26);1-8,17H,9-12H2,(H,23,24)/p-4. The van der Waals surface area contributed by atoms with Crippen LogP contribution in [-0.4, -0.2) is 103 Å². The van der Waals surface area contributed by atoms with Gasteiger partial charge < -0.3 is 77.5 Å². The van der Waals surface area contributed by atoms with Crippen molar-refractivity contribution in [3.05, 3.63) is 239 Å². The molecule has 24 nitrogen and oxygen atoms in total. The fraction of sp³-hybridized carbons (Fsp3) is 0.318. The Morgan fingerprint density at radius 1 is 0.292 bits per heavy atom. The molecule has 8 aromatic carbocycles. The van der Waals surface area contributed by atoms with E-state index >= 15 is 0 Å². The number of rotatable bonds is 34. The lowest BCUT2D eigenvalue weighted by Gasteiger charge is -2.32. The van der Waals surface area contributed by atoms with Crippen molar-refractivity contribution in [1.29, 1.82) is 0 Å². The van der Waals surface area contributed by atoms with E-state index in [2.05, 4.69) is 0 Å². The SMILES string of the molecule is CC(C)(I)C(=O)Oc1ccc(C(C)(CC(=O)[O-])c2ccc(OC(=O)C(C)(C)I)cc2)cc1.CC(I)C(=O)Oc1ccc(C(C)(CC(=O)[O-])c2ccc(OC(=O)C(C)I)cc2)cc1.CC(I)C(=O)Oc1ccc(C(CCC(=O)[O-])c2ccc(OC(=O)C(C)I)cc2)cc1.O=C([O-])CCC(c1ccc(OC(=O)CI)cc1)c1ccc(OC(=O)CI)cc1. The van der Waals surface area contributed by atoms with Crippen molar-refractivity contribution >= 4 is 252 Å². The van der Waals surface area contributed by atoms with E-state index in [1.165, 1.54) is 0 Å². The van der Waals surface area contributed by atoms with Gasteiger partial charge in [-0.25, -0.2) is 0 Å². The van der Waals surface area contributed by atoms with Crippen LogP contribution in [0.5, 0.6) is 46.0 Å². The van der Waals surface area contributed by atoms with Crippen molar-refractivity contribution in [2.24, 2.45) is 0 Å². The predicted octanol–water partition coefficient (Wildman–Crippen LogP) is 14.8. The number of halogens is 8. The van der Waals surface area contributed by atoms with Crippen LogP contribution in [0.4, 0.5) is 0 Å². The summed E-state index contributed by atoms with van der Waals surface area (Å²) < 4.78 is 40.3. The van der Waals surface area contributed by atoms with Gasteiger partial charge in [-0.2, -0.15) is 0 Å². The maximum absolute atomic E-state index is 12.1. The molecular formula is C88H84I8O24-4. The molecular weight excluding hydrogens is 2460 g/mol. The molecule has 0 bridgehead atoms. The Morgan fingerprint density at radius 2 is 0.475 bits per heavy atom. The van der Waals surface area contributed by atoms with Gasteiger partial charge in [-0.05, 0) is 223 Å². The topological polar surface area (TPSA) is 371 Å². The summed E-state index contributed by atoms with van der Waals surface area (Å²) in [4.78, 5) is 139. The maximum Gasteiger partial charge on any atom is 0.326 e. The highest BCUT2D eigenvalue weighted by Gasteiger charge is 2.34. The first-order valence-electron chi connectivity index (χ1n) is 36.7. The number of hydrogen-bond donors (Lipinski definition) is 0. The fourth-order valence-electron chi connectivity index (χ4n) is 11.1. The number of esters is 8. The third-order valence-electron chi connectivity index (χ3n) is 17.6. The smallest absolute Gasteiger partial charge is 0.326 e. The molecule has 0 radical (unpaired) electrons. The highest BCUT2D eigenvalue weighted by atomic mass is 127. The van der Waals surface area contributed by atoms with E-state index in [1.807, 2.05) is 205 Å². The lowest BCUT2D eigenvalue weighted by atomic mass is 9.74. The highest BCUT2D eigenvalue weighted by molar-refractivity contribution is 14.1. The Kier molecular flexibility index (Phi) is 42.9. The maximum atomic E-state index is 12.1. The molecule has 0 saturated heterocycles. The summed E-state index contributed by atoms with van der Waals surface area (Å²) in [6, 6.07) is 54.9. The van der Waals surface area contributed by atoms with Gasteiger partial charge in [0.15, 0.2) is 0 Å². The Morgan fingerprint density at radius 3 is 0.642 bits per heavy atom. The zero-order chi connectivity index (χ0) is 89.6. The first kappa shape index (κ1) is 104. The third kappa shape index (κ3) is 34.7. The molecule has 0 N–H and O–H groups in total. The minimum atomic E-state index is -1.20. The van der Waals surface area contributed by atoms with E-state index in [-0.39, 0.29) is 110 Å².